The molecule has 2 rings (SSSR count). The lowest BCUT2D eigenvalue weighted by atomic mass is 9.80. The summed E-state index contributed by atoms with van der Waals surface area (Å²) in [4.78, 5) is 12.3. The van der Waals surface area contributed by atoms with Crippen molar-refractivity contribution in [2.24, 2.45) is 5.92 Å². The van der Waals surface area contributed by atoms with Crippen LogP contribution in [0, 0.1) is 23.6 Å². The molecule has 1 aliphatic carbocycles. The molecule has 1 saturated carbocycles. The molecule has 1 fully saturated rings. The molecular weight excluding hydrogens is 269 g/mol. The minimum atomic E-state index is -0.454. The van der Waals surface area contributed by atoms with Gasteiger partial charge in [0.25, 0.3) is 5.91 Å². The molecular formula is C17H20FNO2. The monoisotopic (exact) mass is 289 g/mol. The molecule has 3 nitrogen and oxygen atoms in total. The summed E-state index contributed by atoms with van der Waals surface area (Å²) in [6.45, 7) is 1.95. The number of benzene rings is 1. The van der Waals surface area contributed by atoms with Crippen molar-refractivity contribution in [3.05, 3.63) is 35.1 Å². The number of aliphatic hydroxyl groups is 1. The third-order valence-electron chi connectivity index (χ3n) is 3.90. The molecule has 0 bridgehead atoms. The Labute approximate surface area is 124 Å². The van der Waals surface area contributed by atoms with Crippen LogP contribution in [0.5, 0.6) is 0 Å². The number of nitrogens with one attached hydrogen (secondary N) is 1. The van der Waals surface area contributed by atoms with E-state index in [1.54, 1.807) is 0 Å². The second-order valence-corrected chi connectivity index (χ2v) is 5.42. The highest BCUT2D eigenvalue weighted by atomic mass is 19.1. The van der Waals surface area contributed by atoms with E-state index in [9.17, 15) is 9.18 Å². The first-order valence-corrected chi connectivity index (χ1v) is 7.32. The van der Waals surface area contributed by atoms with Crippen molar-refractivity contribution >= 4 is 5.91 Å². The van der Waals surface area contributed by atoms with E-state index < -0.39 is 5.82 Å². The second-order valence-electron chi connectivity index (χ2n) is 5.42. The van der Waals surface area contributed by atoms with Crippen molar-refractivity contribution in [1.29, 1.82) is 0 Å². The number of carbonyl (C=O) groups excluding carboxylic acids is 1. The zero-order chi connectivity index (χ0) is 15.2. The molecule has 1 aliphatic rings. The number of halogens is 1. The highest BCUT2D eigenvalue weighted by molar-refractivity contribution is 5.97. The molecule has 1 aromatic rings. The number of hydrogen-bond acceptors (Lipinski definition) is 2. The van der Waals surface area contributed by atoms with Gasteiger partial charge in [0.1, 0.15) is 5.82 Å². The largest absolute Gasteiger partial charge is 0.395 e. The van der Waals surface area contributed by atoms with Gasteiger partial charge in [-0.1, -0.05) is 18.3 Å². The van der Waals surface area contributed by atoms with Crippen molar-refractivity contribution in [1.82, 2.24) is 5.32 Å². The van der Waals surface area contributed by atoms with Gasteiger partial charge in [-0.3, -0.25) is 4.79 Å². The lowest BCUT2D eigenvalue weighted by Gasteiger charge is -2.31. The summed E-state index contributed by atoms with van der Waals surface area (Å²) in [6, 6.07) is 4.09. The van der Waals surface area contributed by atoms with E-state index in [0.29, 0.717) is 17.9 Å². The number of amides is 1. The smallest absolute Gasteiger partial charge is 0.252 e. The summed E-state index contributed by atoms with van der Waals surface area (Å²) in [7, 11) is 0. The van der Waals surface area contributed by atoms with Crippen LogP contribution in [0.2, 0.25) is 0 Å². The van der Waals surface area contributed by atoms with Gasteiger partial charge in [-0.05, 0) is 43.9 Å². The van der Waals surface area contributed by atoms with E-state index in [-0.39, 0.29) is 24.1 Å². The standard InChI is InChI=1S/C17H20FNO2/c1-12(13-6-4-7-13)19-17(21)16-11-15(18)9-8-14(16)5-2-3-10-20/h8-9,11-13,20H,3-4,6-7,10H2,1H3,(H,19,21). The molecule has 2 N–H and O–H groups in total. The van der Waals surface area contributed by atoms with Gasteiger partial charge in [0.15, 0.2) is 0 Å². The van der Waals surface area contributed by atoms with Crippen LogP contribution < -0.4 is 5.32 Å². The third-order valence-corrected chi connectivity index (χ3v) is 3.90. The van der Waals surface area contributed by atoms with Crippen molar-refractivity contribution in [3.8, 4) is 11.8 Å². The van der Waals surface area contributed by atoms with E-state index >= 15 is 0 Å². The van der Waals surface area contributed by atoms with Crippen LogP contribution in [0.3, 0.4) is 0 Å². The minimum absolute atomic E-state index is 0.0333. The van der Waals surface area contributed by atoms with Gasteiger partial charge in [0.05, 0.1) is 12.2 Å². The Balaban J connectivity index is 2.14. The first kappa shape index (κ1) is 15.5. The van der Waals surface area contributed by atoms with Crippen molar-refractivity contribution in [2.45, 2.75) is 38.6 Å². The van der Waals surface area contributed by atoms with Crippen LogP contribution in [0.4, 0.5) is 4.39 Å². The Kier molecular flexibility index (Phi) is 5.35. The zero-order valence-corrected chi connectivity index (χ0v) is 12.2. The highest BCUT2D eigenvalue weighted by Gasteiger charge is 2.25. The van der Waals surface area contributed by atoms with Crippen LogP contribution in [-0.4, -0.2) is 23.7 Å². The average molecular weight is 289 g/mol. The molecule has 0 radical (unpaired) electrons. The molecule has 4 heteroatoms. The third kappa shape index (κ3) is 4.05. The zero-order valence-electron chi connectivity index (χ0n) is 12.2. The summed E-state index contributed by atoms with van der Waals surface area (Å²) >= 11 is 0. The topological polar surface area (TPSA) is 49.3 Å². The maximum Gasteiger partial charge on any atom is 0.252 e. The fourth-order valence-corrected chi connectivity index (χ4v) is 2.37. The molecule has 0 saturated heterocycles. The Morgan fingerprint density at radius 1 is 1.52 bits per heavy atom. The molecule has 0 heterocycles. The van der Waals surface area contributed by atoms with Gasteiger partial charge in [-0.25, -0.2) is 4.39 Å². The van der Waals surface area contributed by atoms with Crippen LogP contribution in [0.25, 0.3) is 0 Å². The Hall–Kier alpha value is -1.86. The molecule has 1 unspecified atom stereocenters. The van der Waals surface area contributed by atoms with E-state index in [0.717, 1.165) is 12.8 Å². The molecule has 0 spiro atoms. The Bertz CT molecular complexity index is 570. The normalized spacial score (nSPS) is 15.6. The summed E-state index contributed by atoms with van der Waals surface area (Å²) in [5.74, 6) is 5.35. The lowest BCUT2D eigenvalue weighted by Crippen LogP contribution is -2.40. The summed E-state index contributed by atoms with van der Waals surface area (Å²) < 4.78 is 13.4. The molecule has 0 aromatic heterocycles. The number of aliphatic hydroxyl groups excluding tert-OH is 1. The number of carbonyl (C=O) groups is 1. The Morgan fingerprint density at radius 2 is 2.29 bits per heavy atom. The summed E-state index contributed by atoms with van der Waals surface area (Å²) in [5.41, 5.74) is 0.745. The van der Waals surface area contributed by atoms with Crippen molar-refractivity contribution in [3.63, 3.8) is 0 Å². The molecule has 1 aromatic carbocycles. The van der Waals surface area contributed by atoms with Gasteiger partial charge in [-0.2, -0.15) is 0 Å². The number of rotatable bonds is 4. The first-order valence-electron chi connectivity index (χ1n) is 7.32. The van der Waals surface area contributed by atoms with Gasteiger partial charge >= 0.3 is 0 Å². The predicted octanol–water partition coefficient (Wildman–Crippen LogP) is 2.48. The molecule has 1 atom stereocenters. The fraction of sp³-hybridized carbons (Fsp3) is 0.471. The van der Waals surface area contributed by atoms with Crippen molar-refractivity contribution in [2.75, 3.05) is 6.61 Å². The molecule has 21 heavy (non-hydrogen) atoms. The SMILES string of the molecule is CC(NC(=O)c1cc(F)ccc1C#CCCO)C1CCC1. The lowest BCUT2D eigenvalue weighted by molar-refractivity contribution is 0.0908. The average Bonchev–Trinajstić information content (AvgIpc) is 2.38. The summed E-state index contributed by atoms with van der Waals surface area (Å²) in [5, 5.41) is 11.7. The van der Waals surface area contributed by atoms with Crippen LogP contribution in [0.1, 0.15) is 48.5 Å². The van der Waals surface area contributed by atoms with Crippen molar-refractivity contribution < 1.29 is 14.3 Å². The van der Waals surface area contributed by atoms with Gasteiger partial charge in [-0.15, -0.1) is 0 Å². The first-order chi connectivity index (χ1) is 10.1. The van der Waals surface area contributed by atoms with Gasteiger partial charge in [0, 0.05) is 18.0 Å². The molecule has 1 amide bonds. The minimum Gasteiger partial charge on any atom is -0.395 e. The van der Waals surface area contributed by atoms with Crippen LogP contribution in [0.15, 0.2) is 18.2 Å². The maximum atomic E-state index is 13.4. The quantitative estimate of drug-likeness (QED) is 0.837. The second kappa shape index (κ2) is 7.24. The van der Waals surface area contributed by atoms with E-state index in [2.05, 4.69) is 17.2 Å². The predicted molar refractivity (Wildman–Crippen MR) is 79.3 cm³/mol. The maximum absolute atomic E-state index is 13.4. The van der Waals surface area contributed by atoms with Gasteiger partial charge < -0.3 is 10.4 Å². The van der Waals surface area contributed by atoms with Gasteiger partial charge in [0.2, 0.25) is 0 Å². The Morgan fingerprint density at radius 3 is 2.90 bits per heavy atom. The number of hydrogen-bond donors (Lipinski definition) is 2. The molecule has 0 aliphatic heterocycles. The van der Waals surface area contributed by atoms with E-state index in [1.165, 1.54) is 24.6 Å². The van der Waals surface area contributed by atoms with E-state index in [4.69, 9.17) is 5.11 Å². The van der Waals surface area contributed by atoms with E-state index in [1.807, 2.05) is 6.92 Å². The highest BCUT2D eigenvalue weighted by Crippen LogP contribution is 2.29. The molecule has 112 valence electrons. The van der Waals surface area contributed by atoms with Crippen LogP contribution >= 0.6 is 0 Å². The fourth-order valence-electron chi connectivity index (χ4n) is 2.37. The summed E-state index contributed by atoms with van der Waals surface area (Å²) in [6.07, 6.45) is 3.81. The van der Waals surface area contributed by atoms with Crippen LogP contribution in [-0.2, 0) is 0 Å².